The molecule has 0 N–H and O–H groups in total. The molecular formula is C23H24N2O6S2. The van der Waals surface area contributed by atoms with Gasteiger partial charge in [-0.05, 0) is 50.1 Å². The number of benzene rings is 2. The number of rotatable bonds is 8. The molecule has 0 spiro atoms. The number of carbonyl (C=O) groups is 2. The van der Waals surface area contributed by atoms with Gasteiger partial charge in [0, 0.05) is 18.8 Å². The van der Waals surface area contributed by atoms with E-state index in [1.807, 2.05) is 6.92 Å². The molecule has 0 bridgehead atoms. The van der Waals surface area contributed by atoms with E-state index in [4.69, 9.17) is 8.92 Å². The van der Waals surface area contributed by atoms with Gasteiger partial charge in [0.05, 0.1) is 5.69 Å². The quantitative estimate of drug-likeness (QED) is 0.345. The summed E-state index contributed by atoms with van der Waals surface area (Å²) in [5, 5.41) is 2.21. The van der Waals surface area contributed by atoms with E-state index in [-0.39, 0.29) is 28.7 Å². The van der Waals surface area contributed by atoms with Crippen molar-refractivity contribution < 1.29 is 26.9 Å². The Labute approximate surface area is 196 Å². The second-order valence-corrected chi connectivity index (χ2v) is 9.61. The summed E-state index contributed by atoms with van der Waals surface area (Å²) in [5.41, 5.74) is 1.75. The Bertz CT molecular complexity index is 1280. The first-order chi connectivity index (χ1) is 15.6. The van der Waals surface area contributed by atoms with Crippen LogP contribution < -0.4 is 9.08 Å². The van der Waals surface area contributed by atoms with Gasteiger partial charge < -0.3 is 8.92 Å². The first-order valence-electron chi connectivity index (χ1n) is 10.1. The Morgan fingerprint density at radius 2 is 1.85 bits per heavy atom. The molecule has 33 heavy (non-hydrogen) atoms. The van der Waals surface area contributed by atoms with Crippen LogP contribution in [-0.4, -0.2) is 31.8 Å². The van der Waals surface area contributed by atoms with E-state index in [0.717, 1.165) is 5.56 Å². The highest BCUT2D eigenvalue weighted by Crippen LogP contribution is 2.27. The lowest BCUT2D eigenvalue weighted by atomic mass is 10.2. The minimum absolute atomic E-state index is 0.0271. The van der Waals surface area contributed by atoms with E-state index in [1.165, 1.54) is 41.4 Å². The lowest BCUT2D eigenvalue weighted by Gasteiger charge is -2.14. The van der Waals surface area contributed by atoms with E-state index in [1.54, 1.807) is 43.5 Å². The highest BCUT2D eigenvalue weighted by Gasteiger charge is 2.24. The minimum Gasteiger partial charge on any atom is -0.455 e. The Hall–Kier alpha value is -3.24. The number of esters is 1. The predicted molar refractivity (Wildman–Crippen MR) is 125 cm³/mol. The SMILES string of the molecule is CCN(C(C)=O)c1nc(COC(=O)c2ccccc2OS(=O)(=O)c2cc(C)ccc2C)cs1. The number of anilines is 1. The van der Waals surface area contributed by atoms with Crippen molar-refractivity contribution >= 4 is 38.5 Å². The van der Waals surface area contributed by atoms with Crippen LogP contribution >= 0.6 is 11.3 Å². The van der Waals surface area contributed by atoms with Crippen LogP contribution in [0.15, 0.2) is 52.7 Å². The Morgan fingerprint density at radius 1 is 1.12 bits per heavy atom. The average Bonchev–Trinajstić information content (AvgIpc) is 3.22. The van der Waals surface area contributed by atoms with Crippen LogP contribution in [-0.2, 0) is 26.3 Å². The molecule has 3 rings (SSSR count). The van der Waals surface area contributed by atoms with Crippen molar-refractivity contribution in [1.29, 1.82) is 0 Å². The molecule has 2 aromatic carbocycles. The zero-order valence-corrected chi connectivity index (χ0v) is 20.3. The first kappa shape index (κ1) is 24.4. The van der Waals surface area contributed by atoms with Crippen LogP contribution in [0.2, 0.25) is 0 Å². The van der Waals surface area contributed by atoms with Crippen LogP contribution in [0.1, 0.15) is 41.0 Å². The van der Waals surface area contributed by atoms with Gasteiger partial charge in [-0.25, -0.2) is 9.78 Å². The highest BCUT2D eigenvalue weighted by molar-refractivity contribution is 7.87. The van der Waals surface area contributed by atoms with Gasteiger partial charge in [0.2, 0.25) is 5.91 Å². The zero-order valence-electron chi connectivity index (χ0n) is 18.7. The molecule has 0 atom stereocenters. The number of amides is 1. The highest BCUT2D eigenvalue weighted by atomic mass is 32.2. The monoisotopic (exact) mass is 488 g/mol. The summed E-state index contributed by atoms with van der Waals surface area (Å²) < 4.78 is 36.4. The molecule has 0 radical (unpaired) electrons. The molecule has 1 aromatic heterocycles. The molecule has 1 heterocycles. The Kier molecular flexibility index (Phi) is 7.50. The summed E-state index contributed by atoms with van der Waals surface area (Å²) >= 11 is 1.27. The van der Waals surface area contributed by atoms with Crippen LogP contribution in [0, 0.1) is 13.8 Å². The molecule has 0 aliphatic heterocycles. The van der Waals surface area contributed by atoms with Crippen molar-refractivity contribution in [1.82, 2.24) is 4.98 Å². The fourth-order valence-electron chi connectivity index (χ4n) is 3.04. The molecule has 0 fully saturated rings. The lowest BCUT2D eigenvalue weighted by molar-refractivity contribution is -0.116. The molecule has 1 amide bonds. The minimum atomic E-state index is -4.16. The lowest BCUT2D eigenvalue weighted by Crippen LogP contribution is -2.27. The number of ether oxygens (including phenoxy) is 1. The predicted octanol–water partition coefficient (Wildman–Crippen LogP) is 4.26. The maximum absolute atomic E-state index is 12.9. The molecule has 10 heteroatoms. The second kappa shape index (κ2) is 10.1. The molecule has 174 valence electrons. The van der Waals surface area contributed by atoms with Crippen molar-refractivity contribution in [2.75, 3.05) is 11.4 Å². The normalized spacial score (nSPS) is 11.2. The maximum atomic E-state index is 12.9. The number of nitrogens with zero attached hydrogens (tertiary/aromatic N) is 2. The van der Waals surface area contributed by atoms with E-state index in [2.05, 4.69) is 4.98 Å². The van der Waals surface area contributed by atoms with Gasteiger partial charge in [-0.1, -0.05) is 24.3 Å². The van der Waals surface area contributed by atoms with E-state index < -0.39 is 16.1 Å². The summed E-state index contributed by atoms with van der Waals surface area (Å²) in [6, 6.07) is 11.0. The summed E-state index contributed by atoms with van der Waals surface area (Å²) in [6.45, 7) is 7.08. The second-order valence-electron chi connectivity index (χ2n) is 7.26. The van der Waals surface area contributed by atoms with Gasteiger partial charge in [-0.2, -0.15) is 8.42 Å². The number of thiazole rings is 1. The zero-order chi connectivity index (χ0) is 24.2. The molecule has 0 unspecified atom stereocenters. The molecule has 3 aromatic rings. The molecule has 8 nitrogen and oxygen atoms in total. The third kappa shape index (κ3) is 5.77. The third-order valence-electron chi connectivity index (χ3n) is 4.74. The third-order valence-corrected chi connectivity index (χ3v) is 7.03. The Balaban J connectivity index is 1.76. The molecule has 0 aliphatic rings. The molecule has 0 saturated carbocycles. The van der Waals surface area contributed by atoms with E-state index >= 15 is 0 Å². The van der Waals surface area contributed by atoms with Crippen molar-refractivity contribution in [2.24, 2.45) is 0 Å². The largest absolute Gasteiger partial charge is 0.455 e. The van der Waals surface area contributed by atoms with Crippen molar-refractivity contribution in [3.8, 4) is 5.75 Å². The van der Waals surface area contributed by atoms with Gasteiger partial charge >= 0.3 is 16.1 Å². The van der Waals surface area contributed by atoms with Gasteiger partial charge in [-0.15, -0.1) is 11.3 Å². The number of carbonyl (C=O) groups excluding carboxylic acids is 2. The fraction of sp³-hybridized carbons (Fsp3) is 0.261. The molecule has 0 saturated heterocycles. The van der Waals surface area contributed by atoms with Crippen molar-refractivity contribution in [3.05, 3.63) is 70.2 Å². The van der Waals surface area contributed by atoms with Crippen molar-refractivity contribution in [3.63, 3.8) is 0 Å². The standard InChI is InChI=1S/C23H24N2O6S2/c1-5-25(17(4)26)23-24-18(14-32-23)13-30-22(27)19-8-6-7-9-20(19)31-33(28,29)21-12-15(2)10-11-16(21)3/h6-12,14H,5,13H2,1-4H3. The maximum Gasteiger partial charge on any atom is 0.342 e. The summed E-state index contributed by atoms with van der Waals surface area (Å²) in [5.74, 6) is -1.02. The topological polar surface area (TPSA) is 103 Å². The van der Waals surface area contributed by atoms with Crippen molar-refractivity contribution in [2.45, 2.75) is 39.2 Å². The van der Waals surface area contributed by atoms with E-state index in [9.17, 15) is 18.0 Å². The first-order valence-corrected chi connectivity index (χ1v) is 12.4. The van der Waals surface area contributed by atoms with Gasteiger partial charge in [-0.3, -0.25) is 9.69 Å². The molecule has 0 aliphatic carbocycles. The number of para-hydroxylation sites is 1. The van der Waals surface area contributed by atoms with Gasteiger partial charge in [0.25, 0.3) is 0 Å². The Morgan fingerprint density at radius 3 is 2.55 bits per heavy atom. The number of hydrogen-bond donors (Lipinski definition) is 0. The van der Waals surface area contributed by atoms with Gasteiger partial charge in [0.15, 0.2) is 10.9 Å². The summed E-state index contributed by atoms with van der Waals surface area (Å²) in [7, 11) is -4.16. The average molecular weight is 489 g/mol. The van der Waals surface area contributed by atoms with E-state index in [0.29, 0.717) is 22.9 Å². The fourth-order valence-corrected chi connectivity index (χ4v) is 5.23. The van der Waals surface area contributed by atoms with Crippen LogP contribution in [0.25, 0.3) is 0 Å². The van der Waals surface area contributed by atoms with Crippen LogP contribution in [0.5, 0.6) is 5.75 Å². The smallest absolute Gasteiger partial charge is 0.342 e. The summed E-state index contributed by atoms with van der Waals surface area (Å²) in [6.07, 6.45) is 0. The van der Waals surface area contributed by atoms with Crippen LogP contribution in [0.4, 0.5) is 5.13 Å². The number of aromatic nitrogens is 1. The van der Waals surface area contributed by atoms with Gasteiger partial charge in [0.1, 0.15) is 17.1 Å². The summed E-state index contributed by atoms with van der Waals surface area (Å²) in [4.78, 5) is 30.2. The number of hydrogen-bond acceptors (Lipinski definition) is 8. The number of aryl methyl sites for hydroxylation is 2. The van der Waals surface area contributed by atoms with Crippen LogP contribution in [0.3, 0.4) is 0 Å². The molecular weight excluding hydrogens is 464 g/mol.